The van der Waals surface area contributed by atoms with Crippen molar-refractivity contribution in [3.05, 3.63) is 28.2 Å². The van der Waals surface area contributed by atoms with Crippen LogP contribution in [0.15, 0.2) is 22.7 Å². The summed E-state index contributed by atoms with van der Waals surface area (Å²) in [5.74, 6) is -0.173. The number of primary sulfonamides is 1. The summed E-state index contributed by atoms with van der Waals surface area (Å²) >= 11 is 3.24. The fraction of sp³-hybridized carbons (Fsp3) is 0.222. The zero-order valence-corrected chi connectivity index (χ0v) is 10.7. The number of nitrogens with one attached hydrogen (secondary N) is 1. The Bertz CT molecular complexity index is 522. The number of nitriles is 1. The van der Waals surface area contributed by atoms with Gasteiger partial charge >= 0.3 is 0 Å². The number of hydrogen-bond donors (Lipinski definition) is 2. The molecule has 0 aliphatic rings. The molecule has 0 bridgehead atoms. The van der Waals surface area contributed by atoms with Crippen LogP contribution in [0.25, 0.3) is 0 Å². The molecule has 5 nitrogen and oxygen atoms in total. The van der Waals surface area contributed by atoms with Crippen LogP contribution in [0, 0.1) is 11.3 Å². The predicted molar refractivity (Wildman–Crippen MR) is 65.3 cm³/mol. The lowest BCUT2D eigenvalue weighted by atomic mass is 10.2. The van der Waals surface area contributed by atoms with E-state index in [9.17, 15) is 8.42 Å². The summed E-state index contributed by atoms with van der Waals surface area (Å²) in [5.41, 5.74) is 1.04. The Morgan fingerprint density at radius 2 is 2.19 bits per heavy atom. The molecule has 0 aliphatic heterocycles. The van der Waals surface area contributed by atoms with Crippen molar-refractivity contribution in [2.75, 3.05) is 17.6 Å². The van der Waals surface area contributed by atoms with Crippen LogP contribution < -0.4 is 10.5 Å². The first-order valence-corrected chi connectivity index (χ1v) is 6.87. The van der Waals surface area contributed by atoms with Gasteiger partial charge in [-0.15, -0.1) is 0 Å². The first-order valence-electron chi connectivity index (χ1n) is 4.36. The quantitative estimate of drug-likeness (QED) is 0.868. The minimum Gasteiger partial charge on any atom is -0.383 e. The lowest BCUT2D eigenvalue weighted by Crippen LogP contribution is -2.22. The Kier molecular flexibility index (Phi) is 4.29. The number of rotatable bonds is 4. The van der Waals surface area contributed by atoms with E-state index < -0.39 is 10.0 Å². The third-order valence-electron chi connectivity index (χ3n) is 1.80. The highest BCUT2D eigenvalue weighted by atomic mass is 79.9. The zero-order chi connectivity index (χ0) is 12.2. The largest absolute Gasteiger partial charge is 0.383 e. The number of anilines is 1. The molecular weight excluding hydrogens is 294 g/mol. The number of nitrogens with zero attached hydrogens (tertiary/aromatic N) is 1. The Morgan fingerprint density at radius 1 is 1.50 bits per heavy atom. The van der Waals surface area contributed by atoms with Crippen molar-refractivity contribution in [3.8, 4) is 6.07 Å². The van der Waals surface area contributed by atoms with E-state index in [1.54, 1.807) is 18.2 Å². The van der Waals surface area contributed by atoms with Gasteiger partial charge < -0.3 is 5.32 Å². The van der Waals surface area contributed by atoms with E-state index in [1.807, 2.05) is 6.07 Å². The molecule has 16 heavy (non-hydrogen) atoms. The maximum atomic E-state index is 10.7. The molecule has 0 saturated heterocycles. The monoisotopic (exact) mass is 303 g/mol. The number of nitrogens with two attached hydrogens (primary N) is 1. The summed E-state index contributed by atoms with van der Waals surface area (Å²) in [7, 11) is -3.48. The van der Waals surface area contributed by atoms with Gasteiger partial charge in [-0.1, -0.05) is 15.9 Å². The van der Waals surface area contributed by atoms with Gasteiger partial charge in [-0.05, 0) is 18.2 Å². The van der Waals surface area contributed by atoms with E-state index in [4.69, 9.17) is 10.4 Å². The Labute approximate surface area is 102 Å². The van der Waals surface area contributed by atoms with Crippen LogP contribution in [0.3, 0.4) is 0 Å². The molecule has 0 aliphatic carbocycles. The van der Waals surface area contributed by atoms with Gasteiger partial charge in [-0.2, -0.15) is 5.26 Å². The molecule has 0 spiro atoms. The molecule has 0 aromatic heterocycles. The predicted octanol–water partition coefficient (Wildman–Crippen LogP) is 1.02. The van der Waals surface area contributed by atoms with Crippen molar-refractivity contribution in [2.45, 2.75) is 0 Å². The highest BCUT2D eigenvalue weighted by Crippen LogP contribution is 2.19. The molecule has 0 amide bonds. The summed E-state index contributed by atoms with van der Waals surface area (Å²) in [5, 5.41) is 16.5. The van der Waals surface area contributed by atoms with Gasteiger partial charge in [-0.25, -0.2) is 13.6 Å². The average Bonchev–Trinajstić information content (AvgIpc) is 2.18. The van der Waals surface area contributed by atoms with Gasteiger partial charge in [0.25, 0.3) is 0 Å². The van der Waals surface area contributed by atoms with Gasteiger partial charge in [0.15, 0.2) is 0 Å². The van der Waals surface area contributed by atoms with Crippen molar-refractivity contribution in [2.24, 2.45) is 5.14 Å². The van der Waals surface area contributed by atoms with Crippen molar-refractivity contribution < 1.29 is 8.42 Å². The molecule has 0 heterocycles. The first-order chi connectivity index (χ1) is 7.42. The Morgan fingerprint density at radius 3 is 2.75 bits per heavy atom. The average molecular weight is 304 g/mol. The molecule has 3 N–H and O–H groups in total. The molecule has 86 valence electrons. The second-order valence-corrected chi connectivity index (χ2v) is 5.75. The van der Waals surface area contributed by atoms with Crippen LogP contribution in [0.1, 0.15) is 5.56 Å². The maximum absolute atomic E-state index is 10.7. The van der Waals surface area contributed by atoms with E-state index >= 15 is 0 Å². The van der Waals surface area contributed by atoms with Gasteiger partial charge in [0.05, 0.1) is 17.0 Å². The van der Waals surface area contributed by atoms with E-state index in [1.165, 1.54) is 0 Å². The number of hydrogen-bond acceptors (Lipinski definition) is 4. The second-order valence-electron chi connectivity index (χ2n) is 3.10. The third kappa shape index (κ3) is 4.18. The Hall–Kier alpha value is -1.10. The van der Waals surface area contributed by atoms with E-state index in [0.717, 1.165) is 4.47 Å². The van der Waals surface area contributed by atoms with E-state index in [0.29, 0.717) is 11.3 Å². The van der Waals surface area contributed by atoms with Crippen LogP contribution in [-0.2, 0) is 10.0 Å². The van der Waals surface area contributed by atoms with Crippen LogP contribution >= 0.6 is 15.9 Å². The summed E-state index contributed by atoms with van der Waals surface area (Å²) < 4.78 is 22.2. The highest BCUT2D eigenvalue weighted by molar-refractivity contribution is 9.10. The number of sulfonamides is 1. The molecule has 7 heteroatoms. The van der Waals surface area contributed by atoms with Crippen LogP contribution in [0.5, 0.6) is 0 Å². The molecule has 0 atom stereocenters. The number of halogens is 1. The fourth-order valence-electron chi connectivity index (χ4n) is 1.09. The third-order valence-corrected chi connectivity index (χ3v) is 3.07. The molecule has 0 fully saturated rings. The Balaban J connectivity index is 2.72. The number of benzene rings is 1. The molecule has 0 saturated carbocycles. The highest BCUT2D eigenvalue weighted by Gasteiger charge is 2.05. The summed E-state index contributed by atoms with van der Waals surface area (Å²) in [6.07, 6.45) is 0. The first kappa shape index (κ1) is 13.0. The summed E-state index contributed by atoms with van der Waals surface area (Å²) in [6.45, 7) is 0.176. The van der Waals surface area contributed by atoms with E-state index in [2.05, 4.69) is 21.2 Å². The van der Waals surface area contributed by atoms with Crippen LogP contribution in [0.2, 0.25) is 0 Å². The van der Waals surface area contributed by atoms with Crippen LogP contribution in [0.4, 0.5) is 5.69 Å². The fourth-order valence-corrected chi connectivity index (χ4v) is 1.84. The smallest absolute Gasteiger partial charge is 0.210 e. The van der Waals surface area contributed by atoms with Crippen molar-refractivity contribution >= 4 is 31.6 Å². The molecule has 1 aromatic rings. The van der Waals surface area contributed by atoms with Crippen molar-refractivity contribution in [3.63, 3.8) is 0 Å². The molecular formula is C9H10BrN3O2S. The second kappa shape index (κ2) is 5.30. The van der Waals surface area contributed by atoms with Gasteiger partial charge in [0, 0.05) is 11.0 Å². The molecule has 1 aromatic carbocycles. The normalized spacial score (nSPS) is 10.8. The lowest BCUT2D eigenvalue weighted by Gasteiger charge is -2.07. The molecule has 0 unspecified atom stereocenters. The van der Waals surface area contributed by atoms with Crippen LogP contribution in [-0.4, -0.2) is 20.7 Å². The summed E-state index contributed by atoms with van der Waals surface area (Å²) in [4.78, 5) is 0. The maximum Gasteiger partial charge on any atom is 0.210 e. The minimum absolute atomic E-state index is 0.173. The zero-order valence-electron chi connectivity index (χ0n) is 8.27. The topological polar surface area (TPSA) is 96.0 Å². The molecule has 1 rings (SSSR count). The lowest BCUT2D eigenvalue weighted by molar-refractivity contribution is 0.598. The minimum atomic E-state index is -3.48. The summed E-state index contributed by atoms with van der Waals surface area (Å²) in [6, 6.07) is 7.13. The molecule has 0 radical (unpaired) electrons. The van der Waals surface area contributed by atoms with Crippen molar-refractivity contribution in [1.29, 1.82) is 5.26 Å². The van der Waals surface area contributed by atoms with Gasteiger partial charge in [0.1, 0.15) is 6.07 Å². The van der Waals surface area contributed by atoms with Gasteiger partial charge in [0.2, 0.25) is 10.0 Å². The SMILES string of the molecule is N#Cc1cc(Br)ccc1NCCS(N)(=O)=O. The van der Waals surface area contributed by atoms with Crippen molar-refractivity contribution in [1.82, 2.24) is 0 Å². The van der Waals surface area contributed by atoms with E-state index in [-0.39, 0.29) is 12.3 Å². The van der Waals surface area contributed by atoms with Gasteiger partial charge in [-0.3, -0.25) is 0 Å². The standard InChI is InChI=1S/C9H10BrN3O2S/c10-8-1-2-9(7(5-8)6-11)13-3-4-16(12,14)15/h1-2,5,13H,3-4H2,(H2,12,14,15).